The van der Waals surface area contributed by atoms with Gasteiger partial charge >= 0.3 is 5.97 Å². The lowest BCUT2D eigenvalue weighted by Gasteiger charge is -2.48. The second kappa shape index (κ2) is 8.86. The van der Waals surface area contributed by atoms with Gasteiger partial charge in [-0.3, -0.25) is 9.69 Å². The summed E-state index contributed by atoms with van der Waals surface area (Å²) in [6, 6.07) is 6.40. The van der Waals surface area contributed by atoms with Crippen LogP contribution in [0.2, 0.25) is 0 Å². The fourth-order valence-corrected chi connectivity index (χ4v) is 5.08. The average Bonchev–Trinajstić information content (AvgIpc) is 3.24. The Morgan fingerprint density at radius 2 is 2.06 bits per heavy atom. The number of ether oxygens (including phenoxy) is 4. The molecule has 4 atom stereocenters. The van der Waals surface area contributed by atoms with Gasteiger partial charge in [-0.25, -0.2) is 9.59 Å². The van der Waals surface area contributed by atoms with Crippen LogP contribution in [-0.4, -0.2) is 66.5 Å². The second-order valence-electron chi connectivity index (χ2n) is 7.25. The van der Waals surface area contributed by atoms with Crippen molar-refractivity contribution in [2.24, 2.45) is 5.73 Å². The molecule has 3 heterocycles. The highest BCUT2D eigenvalue weighted by atomic mass is 32.2. The lowest BCUT2D eigenvalue weighted by atomic mass is 9.97. The molecule has 0 spiro atoms. The van der Waals surface area contributed by atoms with Crippen LogP contribution in [0.1, 0.15) is 12.0 Å². The zero-order valence-electron chi connectivity index (χ0n) is 17.0. The summed E-state index contributed by atoms with van der Waals surface area (Å²) in [5.74, 6) is 1.90. The Morgan fingerprint density at radius 3 is 2.71 bits per heavy atom. The van der Waals surface area contributed by atoms with Crippen molar-refractivity contribution >= 4 is 29.6 Å². The number of carbonyl (C=O) groups excluding carboxylic acids is 3. The van der Waals surface area contributed by atoms with E-state index in [-0.39, 0.29) is 30.0 Å². The largest absolute Gasteiger partial charge is 0.497 e. The van der Waals surface area contributed by atoms with Gasteiger partial charge in [0.2, 0.25) is 5.91 Å². The Balaban J connectivity index is 1.62. The predicted molar refractivity (Wildman–Crippen MR) is 110 cm³/mol. The van der Waals surface area contributed by atoms with E-state index in [1.54, 1.807) is 31.4 Å². The van der Waals surface area contributed by atoms with E-state index in [4.69, 9.17) is 24.7 Å². The zero-order valence-corrected chi connectivity index (χ0v) is 17.8. The number of carbonyl (C=O) groups is 2. The van der Waals surface area contributed by atoms with Crippen molar-refractivity contribution in [3.63, 3.8) is 0 Å². The molecular weight excluding hydrogens is 424 g/mol. The number of methoxy groups -OCH3 is 2. The van der Waals surface area contributed by atoms with Crippen molar-refractivity contribution < 1.29 is 33.3 Å². The van der Waals surface area contributed by atoms with Crippen LogP contribution in [-0.2, 0) is 35.2 Å². The normalized spacial score (nSPS) is 27.5. The molecule has 0 saturated carbocycles. The maximum atomic E-state index is 13.1. The molecule has 0 aliphatic carbocycles. The molecule has 3 aliphatic rings. The number of thioether (sulfide) groups is 1. The molecule has 3 aliphatic heterocycles. The van der Waals surface area contributed by atoms with Gasteiger partial charge in [-0.1, -0.05) is 12.1 Å². The molecule has 0 bridgehead atoms. The molecule has 1 amide bonds. The molecule has 31 heavy (non-hydrogen) atoms. The number of amides is 1. The number of esters is 1. The quantitative estimate of drug-likeness (QED) is 0.384. The first kappa shape index (κ1) is 21.6. The van der Waals surface area contributed by atoms with Crippen LogP contribution in [0.3, 0.4) is 0 Å². The van der Waals surface area contributed by atoms with Gasteiger partial charge in [-0.05, 0) is 17.7 Å². The van der Waals surface area contributed by atoms with Gasteiger partial charge in [0.15, 0.2) is 6.29 Å². The molecule has 10 heteroatoms. The van der Waals surface area contributed by atoms with E-state index in [1.807, 2.05) is 5.94 Å². The molecule has 0 radical (unpaired) electrons. The summed E-state index contributed by atoms with van der Waals surface area (Å²) < 4.78 is 21.7. The van der Waals surface area contributed by atoms with Crippen LogP contribution in [0.4, 0.5) is 0 Å². The van der Waals surface area contributed by atoms with Crippen molar-refractivity contribution in [1.82, 2.24) is 4.90 Å². The molecule has 2 saturated heterocycles. The van der Waals surface area contributed by atoms with Crippen molar-refractivity contribution in [2.75, 3.05) is 20.0 Å². The van der Waals surface area contributed by atoms with Gasteiger partial charge in [0.25, 0.3) is 0 Å². The lowest BCUT2D eigenvalue weighted by molar-refractivity contribution is -0.152. The lowest BCUT2D eigenvalue weighted by Crippen LogP contribution is -2.68. The van der Waals surface area contributed by atoms with Crippen LogP contribution in [0, 0.1) is 0 Å². The number of nitrogens with two attached hydrogens (primary N) is 1. The molecule has 0 aromatic heterocycles. The first-order valence-corrected chi connectivity index (χ1v) is 10.7. The highest BCUT2D eigenvalue weighted by molar-refractivity contribution is 8.00. The van der Waals surface area contributed by atoms with E-state index in [0.29, 0.717) is 22.6 Å². The number of nitrogens with zero attached hydrogens (tertiary/aromatic N) is 1. The second-order valence-corrected chi connectivity index (χ2v) is 8.35. The summed E-state index contributed by atoms with van der Waals surface area (Å²) in [5.41, 5.74) is 7.57. The summed E-state index contributed by atoms with van der Waals surface area (Å²) in [5, 5.41) is -0.358. The number of rotatable bonds is 6. The maximum Gasteiger partial charge on any atom is 0.355 e. The third kappa shape index (κ3) is 3.88. The van der Waals surface area contributed by atoms with Gasteiger partial charge < -0.3 is 24.7 Å². The highest BCUT2D eigenvalue weighted by Gasteiger charge is 2.54. The molecule has 4 rings (SSSR count). The Hall–Kier alpha value is -2.62. The molecule has 0 unspecified atom stereocenters. The summed E-state index contributed by atoms with van der Waals surface area (Å²) in [7, 11) is 3.04. The topological polar surface area (TPSA) is 117 Å². The number of benzene rings is 1. The van der Waals surface area contributed by atoms with E-state index in [2.05, 4.69) is 0 Å². The third-order valence-electron chi connectivity index (χ3n) is 5.46. The first-order valence-electron chi connectivity index (χ1n) is 9.64. The van der Waals surface area contributed by atoms with Gasteiger partial charge in [-0.2, -0.15) is 0 Å². The number of fused-ring (bicyclic) bond motifs is 1. The first-order chi connectivity index (χ1) is 15.0. The average molecular weight is 446 g/mol. The van der Waals surface area contributed by atoms with E-state index < -0.39 is 24.4 Å². The van der Waals surface area contributed by atoms with E-state index >= 15 is 0 Å². The van der Waals surface area contributed by atoms with Gasteiger partial charge in [0.05, 0.1) is 12.7 Å². The van der Waals surface area contributed by atoms with Gasteiger partial charge in [-0.15, -0.1) is 11.8 Å². The summed E-state index contributed by atoms with van der Waals surface area (Å²) in [6.45, 7) is 0.00803. The Labute approximate surface area is 183 Å². The van der Waals surface area contributed by atoms with Crippen LogP contribution in [0.15, 0.2) is 41.1 Å². The molecule has 1 aromatic rings. The van der Waals surface area contributed by atoms with Crippen LogP contribution >= 0.6 is 11.8 Å². The van der Waals surface area contributed by atoms with Crippen molar-refractivity contribution in [3.05, 3.63) is 46.7 Å². The fraction of sp³-hybridized carbons (Fsp3) is 0.429. The molecule has 1 aromatic carbocycles. The Morgan fingerprint density at radius 1 is 1.32 bits per heavy atom. The third-order valence-corrected chi connectivity index (χ3v) is 6.79. The van der Waals surface area contributed by atoms with Crippen molar-refractivity contribution in [2.45, 2.75) is 36.8 Å². The number of β-lactam (4-membered cyclic amide) rings is 1. The molecular formula is C21H22N2O7S. The van der Waals surface area contributed by atoms with E-state index in [0.717, 1.165) is 5.56 Å². The fourth-order valence-electron chi connectivity index (χ4n) is 3.76. The SMILES string of the molecule is COc1ccc(COC(=O)C2=C([C@@H]3O[C@H](OC)CC3=C=O)CS[C@@H]3[C@H](N)C(=O)N23)cc1. The maximum absolute atomic E-state index is 13.1. The van der Waals surface area contributed by atoms with Crippen LogP contribution in [0.25, 0.3) is 0 Å². The number of hydrogen-bond acceptors (Lipinski definition) is 9. The smallest absolute Gasteiger partial charge is 0.355 e. The highest BCUT2D eigenvalue weighted by Crippen LogP contribution is 2.43. The summed E-state index contributed by atoms with van der Waals surface area (Å²) in [4.78, 5) is 38.4. The molecule has 2 fully saturated rings. The molecule has 9 nitrogen and oxygen atoms in total. The Kier molecular flexibility index (Phi) is 6.17. The minimum absolute atomic E-state index is 0.00803. The van der Waals surface area contributed by atoms with Gasteiger partial charge in [0, 0.05) is 24.9 Å². The summed E-state index contributed by atoms with van der Waals surface area (Å²) >= 11 is 1.42. The van der Waals surface area contributed by atoms with Crippen LogP contribution < -0.4 is 10.5 Å². The van der Waals surface area contributed by atoms with E-state index in [9.17, 15) is 14.4 Å². The van der Waals surface area contributed by atoms with Crippen LogP contribution in [0.5, 0.6) is 5.75 Å². The number of hydrogen-bond donors (Lipinski definition) is 1. The minimum Gasteiger partial charge on any atom is -0.497 e. The minimum atomic E-state index is -0.802. The zero-order chi connectivity index (χ0) is 22.1. The Bertz CT molecular complexity index is 970. The molecule has 164 valence electrons. The molecule has 2 N–H and O–H groups in total. The van der Waals surface area contributed by atoms with Gasteiger partial charge in [0.1, 0.15) is 41.5 Å². The van der Waals surface area contributed by atoms with Crippen molar-refractivity contribution in [1.29, 1.82) is 0 Å². The monoisotopic (exact) mass is 446 g/mol. The standard InChI is InChI=1S/C21H22N2O7S/c1-27-13-5-3-11(4-6-13)9-29-21(26)17-14(10-31-20-16(22)19(25)23(17)20)18-12(8-24)7-15(28-2)30-18/h3-6,15-16,18,20H,7,9-10,22H2,1-2H3/t15-,16+,18+,20+/m0/s1. The van der Waals surface area contributed by atoms with Crippen molar-refractivity contribution in [3.8, 4) is 5.75 Å². The summed E-state index contributed by atoms with van der Waals surface area (Å²) in [6.07, 6.45) is -1.18. The van der Waals surface area contributed by atoms with E-state index in [1.165, 1.54) is 23.8 Å². The predicted octanol–water partition coefficient (Wildman–Crippen LogP) is 0.754.